The van der Waals surface area contributed by atoms with E-state index in [1.165, 1.54) is 26.4 Å². The lowest BCUT2D eigenvalue weighted by Gasteiger charge is -2.11. The van der Waals surface area contributed by atoms with E-state index in [4.69, 9.17) is 14.0 Å². The summed E-state index contributed by atoms with van der Waals surface area (Å²) in [5, 5.41) is 11.8. The zero-order valence-electron chi connectivity index (χ0n) is 21.4. The molecule has 0 saturated carbocycles. The molecule has 14 nitrogen and oxygen atoms in total. The molecular weight excluding hydrogens is 564 g/mol. The number of sulfonamides is 2. The molecule has 0 fully saturated rings. The number of nitrogens with one attached hydrogen (secondary N) is 3. The van der Waals surface area contributed by atoms with E-state index in [1.807, 2.05) is 0 Å². The highest BCUT2D eigenvalue weighted by molar-refractivity contribution is 7.93. The van der Waals surface area contributed by atoms with Gasteiger partial charge in [0.1, 0.15) is 21.8 Å². The lowest BCUT2D eigenvalue weighted by Crippen LogP contribution is -2.35. The molecule has 0 aliphatic rings. The van der Waals surface area contributed by atoms with Gasteiger partial charge in [-0.2, -0.15) is 5.10 Å². The number of carbonyl (C=O) groups excluding carboxylic acids is 1. The van der Waals surface area contributed by atoms with Crippen molar-refractivity contribution in [1.82, 2.24) is 25.0 Å². The minimum Gasteiger partial charge on any atom is -0.496 e. The highest BCUT2D eigenvalue weighted by atomic mass is 32.2. The molecular formula is C24H26N6O8S2. The molecule has 2 aromatic heterocycles. The predicted octanol–water partition coefficient (Wildman–Crippen LogP) is 1.57. The summed E-state index contributed by atoms with van der Waals surface area (Å²) in [6.45, 7) is 3.17. The average Bonchev–Trinajstić information content (AvgIpc) is 3.56. The molecule has 0 atom stereocenters. The van der Waals surface area contributed by atoms with Crippen molar-refractivity contribution >= 4 is 42.7 Å². The van der Waals surface area contributed by atoms with Gasteiger partial charge in [-0.25, -0.2) is 21.6 Å². The van der Waals surface area contributed by atoms with Gasteiger partial charge in [0.05, 0.1) is 33.5 Å². The Balaban J connectivity index is 1.47. The summed E-state index contributed by atoms with van der Waals surface area (Å²) in [6.07, 6.45) is 3.27. The zero-order valence-corrected chi connectivity index (χ0v) is 23.1. The van der Waals surface area contributed by atoms with Crippen LogP contribution in [0.5, 0.6) is 11.5 Å². The fourth-order valence-electron chi connectivity index (χ4n) is 3.69. The first-order chi connectivity index (χ1) is 19.0. The van der Waals surface area contributed by atoms with Gasteiger partial charge in [-0.3, -0.25) is 14.2 Å². The minimum atomic E-state index is -4.06. The van der Waals surface area contributed by atoms with E-state index in [2.05, 4.69) is 31.6 Å². The summed E-state index contributed by atoms with van der Waals surface area (Å²) in [5.74, 6) is -0.0618. The highest BCUT2D eigenvalue weighted by Gasteiger charge is 2.24. The lowest BCUT2D eigenvalue weighted by molar-refractivity contribution is -0.120. The van der Waals surface area contributed by atoms with Gasteiger partial charge in [-0.15, -0.1) is 0 Å². The molecule has 16 heteroatoms. The van der Waals surface area contributed by atoms with Crippen molar-refractivity contribution in [3.05, 3.63) is 71.9 Å². The predicted molar refractivity (Wildman–Crippen MR) is 145 cm³/mol. The number of benzene rings is 2. The maximum Gasteiger partial charge on any atom is 0.266 e. The molecule has 0 aliphatic carbocycles. The molecule has 0 bridgehead atoms. The summed E-state index contributed by atoms with van der Waals surface area (Å²) in [5.41, 5.74) is 1.69. The molecule has 0 aliphatic heterocycles. The normalized spacial score (nSPS) is 11.8. The first-order valence-electron chi connectivity index (χ1n) is 11.6. The van der Waals surface area contributed by atoms with E-state index in [0.717, 1.165) is 11.0 Å². The number of hydrogen-bond acceptors (Lipinski definition) is 10. The second kappa shape index (κ2) is 11.8. The number of para-hydroxylation sites is 1. The maximum absolute atomic E-state index is 13.0. The van der Waals surface area contributed by atoms with Crippen LogP contribution in [0.15, 0.2) is 70.2 Å². The standard InChI is InChI=1S/C24H26N6O8S2/c1-4-39(32,33)27-13-22(31)25-11-17-12-26-30(15-17)14-16-9-19(37-3)23-20(10-16)38-28-24(23)29-40(34,35)21-8-6-5-7-18(21)36-2/h4-10,12,15,27H,1,11,13-14H2,2-3H3,(H,25,31)(H,28,29). The van der Waals surface area contributed by atoms with Crippen LogP contribution in [0.25, 0.3) is 11.0 Å². The van der Waals surface area contributed by atoms with E-state index in [1.54, 1.807) is 41.3 Å². The second-order valence-corrected chi connectivity index (χ2v) is 11.7. The van der Waals surface area contributed by atoms with Crippen molar-refractivity contribution in [2.45, 2.75) is 18.0 Å². The number of amides is 1. The molecule has 4 rings (SSSR count). The van der Waals surface area contributed by atoms with Crippen LogP contribution in [0.1, 0.15) is 11.1 Å². The molecule has 4 aromatic rings. The van der Waals surface area contributed by atoms with Gasteiger partial charge in [-0.1, -0.05) is 23.9 Å². The Hall–Kier alpha value is -4.41. The molecule has 212 valence electrons. The number of methoxy groups -OCH3 is 2. The Morgan fingerprint density at radius 1 is 1.10 bits per heavy atom. The van der Waals surface area contributed by atoms with Crippen LogP contribution in [0.2, 0.25) is 0 Å². The third-order valence-corrected chi connectivity index (χ3v) is 7.95. The molecule has 3 N–H and O–H groups in total. The van der Waals surface area contributed by atoms with Gasteiger partial charge in [0, 0.05) is 23.7 Å². The van der Waals surface area contributed by atoms with Crippen LogP contribution < -0.4 is 24.2 Å². The Morgan fingerprint density at radius 3 is 2.58 bits per heavy atom. The fourth-order valence-corrected chi connectivity index (χ4v) is 5.32. The summed E-state index contributed by atoms with van der Waals surface area (Å²) in [4.78, 5) is 11.8. The van der Waals surface area contributed by atoms with Crippen molar-refractivity contribution in [3.63, 3.8) is 0 Å². The van der Waals surface area contributed by atoms with Crippen molar-refractivity contribution in [2.75, 3.05) is 25.5 Å². The number of fused-ring (bicyclic) bond motifs is 1. The second-order valence-electron chi connectivity index (χ2n) is 8.31. The summed E-state index contributed by atoms with van der Waals surface area (Å²) < 4.78 is 71.0. The first kappa shape index (κ1) is 28.6. The molecule has 1 amide bonds. The number of carbonyl (C=O) groups is 1. The van der Waals surface area contributed by atoms with Crippen molar-refractivity contribution < 1.29 is 35.6 Å². The molecule has 0 spiro atoms. The smallest absolute Gasteiger partial charge is 0.266 e. The average molecular weight is 591 g/mol. The number of rotatable bonds is 13. The van der Waals surface area contributed by atoms with Gasteiger partial charge in [-0.05, 0) is 29.8 Å². The van der Waals surface area contributed by atoms with Crippen LogP contribution in [0.4, 0.5) is 5.82 Å². The van der Waals surface area contributed by atoms with Gasteiger partial charge < -0.3 is 19.3 Å². The molecule has 40 heavy (non-hydrogen) atoms. The topological polar surface area (TPSA) is 184 Å². The molecule has 2 aromatic carbocycles. The third kappa shape index (κ3) is 6.59. The van der Waals surface area contributed by atoms with Crippen LogP contribution in [-0.2, 0) is 37.9 Å². The zero-order chi connectivity index (χ0) is 28.9. The van der Waals surface area contributed by atoms with Gasteiger partial charge in [0.25, 0.3) is 10.0 Å². The number of aromatic nitrogens is 3. The van der Waals surface area contributed by atoms with Crippen molar-refractivity contribution in [2.24, 2.45) is 0 Å². The molecule has 0 unspecified atom stereocenters. The quantitative estimate of drug-likeness (QED) is 0.207. The first-order valence-corrected chi connectivity index (χ1v) is 14.6. The largest absolute Gasteiger partial charge is 0.496 e. The molecule has 0 saturated heterocycles. The van der Waals surface area contributed by atoms with Crippen LogP contribution >= 0.6 is 0 Å². The maximum atomic E-state index is 13.0. The molecule has 2 heterocycles. The summed E-state index contributed by atoms with van der Waals surface area (Å²) >= 11 is 0. The van der Waals surface area contributed by atoms with Gasteiger partial charge in [0.15, 0.2) is 11.4 Å². The van der Waals surface area contributed by atoms with Crippen LogP contribution in [0.3, 0.4) is 0 Å². The molecule has 0 radical (unpaired) electrons. The Labute approximate surface area is 230 Å². The van der Waals surface area contributed by atoms with E-state index in [0.29, 0.717) is 23.2 Å². The number of hydrogen-bond donors (Lipinski definition) is 3. The van der Waals surface area contributed by atoms with Crippen molar-refractivity contribution in [3.8, 4) is 11.5 Å². The minimum absolute atomic E-state index is 0.0446. The van der Waals surface area contributed by atoms with E-state index in [9.17, 15) is 21.6 Å². The van der Waals surface area contributed by atoms with E-state index in [-0.39, 0.29) is 28.6 Å². The Bertz CT molecular complexity index is 1760. The van der Waals surface area contributed by atoms with Gasteiger partial charge >= 0.3 is 0 Å². The number of anilines is 1. The monoisotopic (exact) mass is 590 g/mol. The van der Waals surface area contributed by atoms with Crippen molar-refractivity contribution in [1.29, 1.82) is 0 Å². The third-order valence-electron chi connectivity index (χ3n) is 5.58. The number of nitrogens with zero attached hydrogens (tertiary/aromatic N) is 3. The number of ether oxygens (including phenoxy) is 2. The van der Waals surface area contributed by atoms with Crippen LogP contribution in [-0.4, -0.2) is 58.4 Å². The SMILES string of the molecule is C=CS(=O)(=O)NCC(=O)NCc1cnn(Cc2cc(OC)c3c(NS(=O)(=O)c4ccccc4OC)noc3c2)c1. The van der Waals surface area contributed by atoms with Crippen LogP contribution in [0, 0.1) is 0 Å². The summed E-state index contributed by atoms with van der Waals surface area (Å²) in [7, 11) is -4.94. The Kier molecular flexibility index (Phi) is 8.41. The lowest BCUT2D eigenvalue weighted by atomic mass is 10.1. The summed E-state index contributed by atoms with van der Waals surface area (Å²) in [6, 6.07) is 9.56. The van der Waals surface area contributed by atoms with E-state index < -0.39 is 32.5 Å². The Morgan fingerprint density at radius 2 is 1.85 bits per heavy atom. The van der Waals surface area contributed by atoms with E-state index >= 15 is 0 Å². The van der Waals surface area contributed by atoms with Gasteiger partial charge in [0.2, 0.25) is 15.9 Å². The fraction of sp³-hybridized carbons (Fsp3) is 0.208. The highest BCUT2D eigenvalue weighted by Crippen LogP contribution is 2.35.